The minimum absolute atomic E-state index is 0.0570. The molecule has 3 rings (SSSR count). The molecule has 0 spiro atoms. The number of amides is 1. The lowest BCUT2D eigenvalue weighted by Gasteiger charge is -2.19. The van der Waals surface area contributed by atoms with Crippen molar-refractivity contribution in [2.75, 3.05) is 0 Å². The van der Waals surface area contributed by atoms with Crippen molar-refractivity contribution in [3.63, 3.8) is 0 Å². The fourth-order valence-electron chi connectivity index (χ4n) is 3.22. The molecule has 0 unspecified atom stereocenters. The molecule has 1 N–H and O–H groups in total. The molecule has 1 heterocycles. The Bertz CT molecular complexity index is 729. The van der Waals surface area contributed by atoms with Crippen LogP contribution in [0.15, 0.2) is 30.6 Å². The summed E-state index contributed by atoms with van der Waals surface area (Å²) >= 11 is 0. The highest BCUT2D eigenvalue weighted by Crippen LogP contribution is 2.31. The second-order valence-corrected chi connectivity index (χ2v) is 6.10. The number of hydrogen-bond acceptors (Lipinski definition) is 4. The lowest BCUT2D eigenvalue weighted by molar-refractivity contribution is -0.0501. The molecule has 134 valence electrons. The number of aromatic nitrogens is 3. The van der Waals surface area contributed by atoms with E-state index in [1.165, 1.54) is 31.0 Å². The number of para-hydroxylation sites is 1. The van der Waals surface area contributed by atoms with E-state index >= 15 is 0 Å². The quantitative estimate of drug-likeness (QED) is 0.866. The lowest BCUT2D eigenvalue weighted by atomic mass is 10.1. The van der Waals surface area contributed by atoms with Crippen LogP contribution in [-0.2, 0) is 0 Å². The Morgan fingerprint density at radius 2 is 2.04 bits per heavy atom. The topological polar surface area (TPSA) is 69.0 Å². The first kappa shape index (κ1) is 17.3. The fraction of sp³-hybridized carbons (Fsp3) is 0.471. The largest absolute Gasteiger partial charge is 0.434 e. The van der Waals surface area contributed by atoms with Gasteiger partial charge >= 0.3 is 6.61 Å². The Balaban J connectivity index is 1.74. The maximum Gasteiger partial charge on any atom is 0.387 e. The molecule has 0 aliphatic heterocycles. The van der Waals surface area contributed by atoms with Gasteiger partial charge in [0.25, 0.3) is 5.91 Å². The zero-order chi connectivity index (χ0) is 17.8. The van der Waals surface area contributed by atoms with Gasteiger partial charge in [-0.3, -0.25) is 4.79 Å². The van der Waals surface area contributed by atoms with Crippen molar-refractivity contribution in [1.29, 1.82) is 0 Å². The Kier molecular flexibility index (Phi) is 5.25. The van der Waals surface area contributed by atoms with Gasteiger partial charge in [-0.2, -0.15) is 8.78 Å². The van der Waals surface area contributed by atoms with Gasteiger partial charge in [0.2, 0.25) is 0 Å². The molecule has 8 heteroatoms. The van der Waals surface area contributed by atoms with Gasteiger partial charge in [-0.25, -0.2) is 0 Å². The van der Waals surface area contributed by atoms with Gasteiger partial charge in [-0.15, -0.1) is 10.2 Å². The molecule has 1 amide bonds. The molecule has 6 nitrogen and oxygen atoms in total. The van der Waals surface area contributed by atoms with E-state index < -0.39 is 18.6 Å². The number of carbonyl (C=O) groups is 1. The molecule has 1 fully saturated rings. The number of ether oxygens (including phenoxy) is 1. The number of hydrogen-bond donors (Lipinski definition) is 1. The Morgan fingerprint density at radius 3 is 2.76 bits per heavy atom. The zero-order valence-electron chi connectivity index (χ0n) is 13.9. The maximum atomic E-state index is 12.5. The van der Waals surface area contributed by atoms with E-state index in [0.717, 1.165) is 12.8 Å². The second kappa shape index (κ2) is 7.58. The first-order valence-corrected chi connectivity index (χ1v) is 8.30. The summed E-state index contributed by atoms with van der Waals surface area (Å²) in [5.74, 6) is 0.0108. The number of benzene rings is 1. The van der Waals surface area contributed by atoms with Gasteiger partial charge in [-0.1, -0.05) is 25.0 Å². The van der Waals surface area contributed by atoms with Gasteiger partial charge in [0.05, 0.1) is 11.6 Å². The van der Waals surface area contributed by atoms with E-state index in [4.69, 9.17) is 0 Å². The smallest absolute Gasteiger partial charge is 0.387 e. The summed E-state index contributed by atoms with van der Waals surface area (Å²) < 4.78 is 31.4. The van der Waals surface area contributed by atoms with Crippen LogP contribution in [-0.4, -0.2) is 27.3 Å². The van der Waals surface area contributed by atoms with E-state index in [1.807, 2.05) is 4.57 Å². The first-order chi connectivity index (χ1) is 12.1. The zero-order valence-corrected chi connectivity index (χ0v) is 13.9. The molecule has 2 aromatic rings. The summed E-state index contributed by atoms with van der Waals surface area (Å²) in [6, 6.07) is 5.86. The van der Waals surface area contributed by atoms with Gasteiger partial charge < -0.3 is 14.6 Å². The second-order valence-electron chi connectivity index (χ2n) is 6.10. The van der Waals surface area contributed by atoms with E-state index in [1.54, 1.807) is 19.3 Å². The molecule has 1 aromatic heterocycles. The summed E-state index contributed by atoms with van der Waals surface area (Å²) in [6.45, 7) is -1.19. The first-order valence-electron chi connectivity index (χ1n) is 8.30. The van der Waals surface area contributed by atoms with Crippen LogP contribution in [0.4, 0.5) is 8.78 Å². The van der Waals surface area contributed by atoms with Crippen LogP contribution in [0.25, 0.3) is 0 Å². The molecular formula is C17H20F2N4O2. The third kappa shape index (κ3) is 3.94. The summed E-state index contributed by atoms with van der Waals surface area (Å²) in [7, 11) is 0. The maximum absolute atomic E-state index is 12.5. The molecule has 0 bridgehead atoms. The summed E-state index contributed by atoms with van der Waals surface area (Å²) in [6.07, 6.45) is 6.15. The van der Waals surface area contributed by atoms with Gasteiger partial charge in [-0.05, 0) is 31.9 Å². The van der Waals surface area contributed by atoms with Gasteiger partial charge in [0.1, 0.15) is 12.1 Å². The number of carbonyl (C=O) groups excluding carboxylic acids is 1. The number of alkyl halides is 2. The third-order valence-electron chi connectivity index (χ3n) is 4.40. The molecule has 1 atom stereocenters. The normalized spacial score (nSPS) is 16.2. The molecule has 1 saturated carbocycles. The highest BCUT2D eigenvalue weighted by Gasteiger charge is 2.24. The highest BCUT2D eigenvalue weighted by atomic mass is 19.3. The van der Waals surface area contributed by atoms with Crippen molar-refractivity contribution < 1.29 is 18.3 Å². The van der Waals surface area contributed by atoms with Crippen molar-refractivity contribution in [2.24, 2.45) is 0 Å². The van der Waals surface area contributed by atoms with Gasteiger partial charge in [0.15, 0.2) is 5.82 Å². The molecule has 1 aliphatic rings. The predicted molar refractivity (Wildman–Crippen MR) is 86.5 cm³/mol. The van der Waals surface area contributed by atoms with Crippen molar-refractivity contribution in [2.45, 2.75) is 51.3 Å². The van der Waals surface area contributed by atoms with Crippen molar-refractivity contribution in [1.82, 2.24) is 20.1 Å². The van der Waals surface area contributed by atoms with E-state index in [-0.39, 0.29) is 11.3 Å². The monoisotopic (exact) mass is 350 g/mol. The standard InChI is InChI=1S/C17H20F2N4O2/c1-11(15-22-20-10-23(15)12-6-2-3-7-12)21-16(24)13-8-4-5-9-14(13)25-17(18)19/h4-5,8-12,17H,2-3,6-7H2,1H3,(H,21,24)/t11-/m1/s1. The molecule has 1 aromatic carbocycles. The van der Waals surface area contributed by atoms with E-state index in [9.17, 15) is 13.6 Å². The number of halogens is 2. The van der Waals surface area contributed by atoms with Crippen molar-refractivity contribution in [3.8, 4) is 5.75 Å². The molecule has 0 saturated heterocycles. The van der Waals surface area contributed by atoms with Crippen LogP contribution in [0.3, 0.4) is 0 Å². The lowest BCUT2D eigenvalue weighted by Crippen LogP contribution is -2.29. The van der Waals surface area contributed by atoms with E-state index in [2.05, 4.69) is 20.3 Å². The summed E-state index contributed by atoms with van der Waals surface area (Å²) in [5, 5.41) is 10.9. The summed E-state index contributed by atoms with van der Waals surface area (Å²) in [4.78, 5) is 12.5. The SMILES string of the molecule is C[C@@H](NC(=O)c1ccccc1OC(F)F)c1nncn1C1CCCC1. The van der Waals surface area contributed by atoms with Crippen LogP contribution < -0.4 is 10.1 Å². The van der Waals surface area contributed by atoms with Crippen molar-refractivity contribution >= 4 is 5.91 Å². The molecule has 1 aliphatic carbocycles. The molecule has 0 radical (unpaired) electrons. The minimum atomic E-state index is -2.99. The number of nitrogens with zero attached hydrogens (tertiary/aromatic N) is 3. The summed E-state index contributed by atoms with van der Waals surface area (Å²) in [5.41, 5.74) is 0.0570. The van der Waals surface area contributed by atoms with Crippen LogP contribution in [0.5, 0.6) is 5.75 Å². The Hall–Kier alpha value is -2.51. The molecular weight excluding hydrogens is 330 g/mol. The Morgan fingerprint density at radius 1 is 1.32 bits per heavy atom. The van der Waals surface area contributed by atoms with Crippen LogP contribution in [0.2, 0.25) is 0 Å². The number of rotatable bonds is 6. The van der Waals surface area contributed by atoms with E-state index in [0.29, 0.717) is 11.9 Å². The Labute approximate surface area is 144 Å². The predicted octanol–water partition coefficient (Wildman–Crippen LogP) is 3.49. The van der Waals surface area contributed by atoms with Crippen LogP contribution >= 0.6 is 0 Å². The third-order valence-corrected chi connectivity index (χ3v) is 4.40. The number of nitrogens with one attached hydrogen (secondary N) is 1. The minimum Gasteiger partial charge on any atom is -0.434 e. The highest BCUT2D eigenvalue weighted by molar-refractivity contribution is 5.97. The van der Waals surface area contributed by atoms with Crippen LogP contribution in [0, 0.1) is 0 Å². The average Bonchev–Trinajstić information content (AvgIpc) is 3.25. The fourth-order valence-corrected chi connectivity index (χ4v) is 3.22. The van der Waals surface area contributed by atoms with Crippen LogP contribution in [0.1, 0.15) is 60.9 Å². The van der Waals surface area contributed by atoms with Crippen molar-refractivity contribution in [3.05, 3.63) is 42.0 Å². The van der Waals surface area contributed by atoms with Gasteiger partial charge in [0, 0.05) is 6.04 Å². The molecule has 25 heavy (non-hydrogen) atoms. The average molecular weight is 350 g/mol.